The van der Waals surface area contributed by atoms with Crippen molar-refractivity contribution in [1.82, 2.24) is 5.32 Å². The fraction of sp³-hybridized carbons (Fsp3) is 0.0278. The zero-order valence-corrected chi connectivity index (χ0v) is 26.4. The molecule has 0 spiro atoms. The number of rotatable bonds is 10. The molecule has 0 fully saturated rings. The summed E-state index contributed by atoms with van der Waals surface area (Å²) in [6.07, 6.45) is 1.41. The van der Waals surface area contributed by atoms with E-state index in [4.69, 9.17) is 23.2 Å². The summed E-state index contributed by atoms with van der Waals surface area (Å²) in [5.74, 6) is -2.08. The maximum atomic E-state index is 14.3. The van der Waals surface area contributed by atoms with Crippen molar-refractivity contribution in [1.29, 1.82) is 0 Å². The largest absolute Gasteiger partial charge is 0.322 e. The van der Waals surface area contributed by atoms with Gasteiger partial charge in [0.05, 0.1) is 5.69 Å². The van der Waals surface area contributed by atoms with Gasteiger partial charge in [-0.1, -0.05) is 96.0 Å². The molecule has 1 unspecified atom stereocenters. The van der Waals surface area contributed by atoms with Crippen LogP contribution in [0.15, 0.2) is 138 Å². The van der Waals surface area contributed by atoms with E-state index in [2.05, 4.69) is 16.0 Å². The first kappa shape index (κ1) is 32.5. The fourth-order valence-corrected chi connectivity index (χ4v) is 5.97. The lowest BCUT2D eigenvalue weighted by molar-refractivity contribution is -0.116. The second kappa shape index (κ2) is 15.4. The number of thioether (sulfide) groups is 1. The molecule has 0 heterocycles. The van der Waals surface area contributed by atoms with Crippen molar-refractivity contribution in [3.8, 4) is 0 Å². The number of hydrogen-bond acceptors (Lipinski definition) is 4. The van der Waals surface area contributed by atoms with Gasteiger partial charge in [-0.05, 0) is 66.2 Å². The van der Waals surface area contributed by atoms with E-state index in [1.807, 2.05) is 30.3 Å². The van der Waals surface area contributed by atoms with Crippen LogP contribution in [0.5, 0.6) is 0 Å². The fourth-order valence-electron chi connectivity index (χ4n) is 4.38. The van der Waals surface area contributed by atoms with Gasteiger partial charge in [0.2, 0.25) is 5.91 Å². The summed E-state index contributed by atoms with van der Waals surface area (Å²) in [5, 5.41) is 8.02. The van der Waals surface area contributed by atoms with Crippen LogP contribution in [0.4, 0.5) is 15.8 Å². The van der Waals surface area contributed by atoms with Crippen molar-refractivity contribution in [3.05, 3.63) is 166 Å². The molecule has 230 valence electrons. The van der Waals surface area contributed by atoms with Gasteiger partial charge in [-0.25, -0.2) is 4.39 Å². The molecule has 3 amide bonds. The van der Waals surface area contributed by atoms with Crippen LogP contribution in [0.2, 0.25) is 10.0 Å². The molecular formula is C36H26Cl2FN3O3S. The lowest BCUT2D eigenvalue weighted by Gasteiger charge is -2.18. The second-order valence-corrected chi connectivity index (χ2v) is 11.9. The Balaban J connectivity index is 1.40. The molecule has 0 radical (unpaired) electrons. The minimum Gasteiger partial charge on any atom is -0.322 e. The highest BCUT2D eigenvalue weighted by atomic mass is 35.5. The second-order valence-electron chi connectivity index (χ2n) is 9.87. The lowest BCUT2D eigenvalue weighted by Crippen LogP contribution is -2.30. The number of carbonyl (C=O) groups excluding carboxylic acids is 3. The van der Waals surface area contributed by atoms with Crippen molar-refractivity contribution in [3.63, 3.8) is 0 Å². The zero-order valence-electron chi connectivity index (χ0n) is 24.0. The average molecular weight is 671 g/mol. The molecule has 5 rings (SSSR count). The first-order valence-corrected chi connectivity index (χ1v) is 15.6. The molecule has 0 aromatic heterocycles. The smallest absolute Gasteiger partial charge is 0.272 e. The van der Waals surface area contributed by atoms with Gasteiger partial charge < -0.3 is 16.0 Å². The van der Waals surface area contributed by atoms with E-state index in [1.165, 1.54) is 30.0 Å². The highest BCUT2D eigenvalue weighted by Gasteiger charge is 2.24. The SMILES string of the molecule is O=C(Nc1cccc(SC(C(=O)Nc2ccccc2F)c2ccccc2)c1)/C(=C\c1c(Cl)cccc1Cl)NC(=O)c1ccccc1. The molecule has 0 saturated carbocycles. The molecule has 6 nitrogen and oxygen atoms in total. The van der Waals surface area contributed by atoms with Crippen LogP contribution in [-0.4, -0.2) is 17.7 Å². The first-order chi connectivity index (χ1) is 22.3. The molecule has 5 aromatic rings. The quantitative estimate of drug-likeness (QED) is 0.102. The Morgan fingerprint density at radius 3 is 2.04 bits per heavy atom. The highest BCUT2D eigenvalue weighted by molar-refractivity contribution is 8.00. The molecule has 46 heavy (non-hydrogen) atoms. The van der Waals surface area contributed by atoms with Crippen LogP contribution in [0, 0.1) is 5.82 Å². The van der Waals surface area contributed by atoms with E-state index in [0.29, 0.717) is 37.3 Å². The third-order valence-corrected chi connectivity index (χ3v) is 8.54. The van der Waals surface area contributed by atoms with Crippen molar-refractivity contribution in [2.75, 3.05) is 10.6 Å². The molecule has 1 atom stereocenters. The van der Waals surface area contributed by atoms with Crippen LogP contribution in [0.3, 0.4) is 0 Å². The van der Waals surface area contributed by atoms with E-state index in [9.17, 15) is 18.8 Å². The summed E-state index contributed by atoms with van der Waals surface area (Å²) in [5.41, 5.74) is 1.81. The maximum Gasteiger partial charge on any atom is 0.272 e. The molecule has 3 N–H and O–H groups in total. The summed E-state index contributed by atoms with van der Waals surface area (Å²) in [6.45, 7) is 0. The molecule has 0 aliphatic carbocycles. The predicted octanol–water partition coefficient (Wildman–Crippen LogP) is 9.01. The van der Waals surface area contributed by atoms with E-state index < -0.39 is 28.8 Å². The molecular weight excluding hydrogens is 644 g/mol. The topological polar surface area (TPSA) is 87.3 Å². The molecule has 0 aliphatic rings. The number of nitrogens with one attached hydrogen (secondary N) is 3. The Morgan fingerprint density at radius 1 is 0.717 bits per heavy atom. The van der Waals surface area contributed by atoms with Crippen LogP contribution >= 0.6 is 35.0 Å². The Labute approximate surface area is 279 Å². The van der Waals surface area contributed by atoms with Gasteiger partial charge in [0.1, 0.15) is 16.8 Å². The first-order valence-electron chi connectivity index (χ1n) is 14.0. The molecule has 0 saturated heterocycles. The predicted molar refractivity (Wildman–Crippen MR) is 183 cm³/mol. The van der Waals surface area contributed by atoms with Crippen LogP contribution in [0.25, 0.3) is 6.08 Å². The molecule has 5 aromatic carbocycles. The van der Waals surface area contributed by atoms with Crippen molar-refractivity contribution in [2.45, 2.75) is 10.1 Å². The van der Waals surface area contributed by atoms with Gasteiger partial charge in [0.25, 0.3) is 11.8 Å². The van der Waals surface area contributed by atoms with Gasteiger partial charge in [0, 0.05) is 31.8 Å². The minimum atomic E-state index is -0.741. The summed E-state index contributed by atoms with van der Waals surface area (Å²) >= 11 is 14.0. The molecule has 0 aliphatic heterocycles. The van der Waals surface area contributed by atoms with Gasteiger partial charge in [-0.3, -0.25) is 14.4 Å². The number of para-hydroxylation sites is 1. The van der Waals surface area contributed by atoms with Crippen molar-refractivity contribution in [2.24, 2.45) is 0 Å². The Kier molecular flexibility index (Phi) is 10.9. The number of anilines is 2. The standard InChI is InChI=1S/C36H26Cl2FN3O3S/c37-28-17-10-18-29(38)27(28)22-32(42-34(43)24-13-5-2-6-14-24)35(44)40-25-15-9-16-26(21-25)46-33(23-11-3-1-4-12-23)36(45)41-31-20-8-7-19-30(31)39/h1-22,33H,(H,40,44)(H,41,45)(H,42,43)/b32-22+. The molecule has 10 heteroatoms. The number of hydrogen-bond donors (Lipinski definition) is 3. The van der Waals surface area contributed by atoms with Gasteiger partial charge >= 0.3 is 0 Å². The van der Waals surface area contributed by atoms with Crippen LogP contribution in [-0.2, 0) is 9.59 Å². The molecule has 0 bridgehead atoms. The Hall–Kier alpha value is -4.89. The summed E-state index contributed by atoms with van der Waals surface area (Å²) in [4.78, 5) is 40.7. The Morgan fingerprint density at radius 2 is 1.35 bits per heavy atom. The van der Waals surface area contributed by atoms with E-state index >= 15 is 0 Å². The average Bonchev–Trinajstić information content (AvgIpc) is 3.06. The number of halogens is 3. The van der Waals surface area contributed by atoms with E-state index in [-0.39, 0.29) is 11.4 Å². The van der Waals surface area contributed by atoms with Gasteiger partial charge in [-0.2, -0.15) is 0 Å². The third-order valence-electron chi connectivity index (χ3n) is 6.64. The monoisotopic (exact) mass is 669 g/mol. The summed E-state index contributed by atoms with van der Waals surface area (Å²) < 4.78 is 14.3. The van der Waals surface area contributed by atoms with Crippen LogP contribution < -0.4 is 16.0 Å². The Bertz CT molecular complexity index is 1890. The normalized spacial score (nSPS) is 11.8. The minimum absolute atomic E-state index is 0.0746. The number of amides is 3. The summed E-state index contributed by atoms with van der Waals surface area (Å²) in [6, 6.07) is 35.3. The number of carbonyl (C=O) groups is 3. The van der Waals surface area contributed by atoms with E-state index in [0.717, 1.165) is 0 Å². The van der Waals surface area contributed by atoms with Crippen molar-refractivity contribution < 1.29 is 18.8 Å². The van der Waals surface area contributed by atoms with Gasteiger partial charge in [-0.15, -0.1) is 11.8 Å². The van der Waals surface area contributed by atoms with Crippen LogP contribution in [0.1, 0.15) is 26.7 Å². The maximum absolute atomic E-state index is 14.3. The lowest BCUT2D eigenvalue weighted by atomic mass is 10.1. The highest BCUT2D eigenvalue weighted by Crippen LogP contribution is 2.37. The van der Waals surface area contributed by atoms with E-state index in [1.54, 1.807) is 84.9 Å². The summed E-state index contributed by atoms with van der Waals surface area (Å²) in [7, 11) is 0. The zero-order chi connectivity index (χ0) is 32.5. The number of benzene rings is 5. The van der Waals surface area contributed by atoms with Gasteiger partial charge in [0.15, 0.2) is 0 Å². The van der Waals surface area contributed by atoms with Crippen molar-refractivity contribution >= 4 is 70.1 Å². The third kappa shape index (κ3) is 8.43.